The van der Waals surface area contributed by atoms with E-state index in [1.807, 2.05) is 6.07 Å². The van der Waals surface area contributed by atoms with Crippen LogP contribution in [-0.2, 0) is 40.0 Å². The number of phosphoric ester groups is 1. The molecule has 3 aromatic rings. The molecule has 1 fully saturated rings. The van der Waals surface area contributed by atoms with Crippen molar-refractivity contribution in [3.05, 3.63) is 59.3 Å². The summed E-state index contributed by atoms with van der Waals surface area (Å²) in [4.78, 5) is 14.5. The van der Waals surface area contributed by atoms with Gasteiger partial charge < -0.3 is 35.1 Å². The number of hydrogen-bond acceptors (Lipinski definition) is 12. The highest BCUT2D eigenvalue weighted by Crippen LogP contribution is 2.46. The first-order chi connectivity index (χ1) is 27.5. The van der Waals surface area contributed by atoms with E-state index < -0.39 is 56.9 Å². The molecular weight excluding hydrogens is 756 g/mol. The van der Waals surface area contributed by atoms with Crippen molar-refractivity contribution in [3.63, 3.8) is 0 Å². The number of ether oxygens (including phenoxy) is 3. The predicted octanol–water partition coefficient (Wildman–Crippen LogP) is 7.66. The number of nitriles is 1. The van der Waals surface area contributed by atoms with Crippen LogP contribution < -0.4 is 5.73 Å². The van der Waals surface area contributed by atoms with Gasteiger partial charge in [-0.1, -0.05) is 109 Å². The predicted molar refractivity (Wildman–Crippen MR) is 213 cm³/mol. The van der Waals surface area contributed by atoms with E-state index in [0.29, 0.717) is 17.8 Å². The lowest BCUT2D eigenvalue weighted by Crippen LogP contribution is -2.39. The summed E-state index contributed by atoms with van der Waals surface area (Å²) >= 11 is 0. The summed E-state index contributed by atoms with van der Waals surface area (Å²) in [6.45, 7) is 2.84. The molecule has 318 valence electrons. The van der Waals surface area contributed by atoms with Gasteiger partial charge in [0.1, 0.15) is 47.7 Å². The van der Waals surface area contributed by atoms with Crippen LogP contribution >= 0.6 is 7.82 Å². The SMILES string of the molecule is CCCCCCCCCCCCCCCCCCOC[C@H](COP(=O)(O)OCC1O[C@@](C)(c2ccc3c(N)ncnn23)[C@H](O)[C@@H]1O)OCc1c(F)cccc1C#N. The molecule has 1 aliphatic rings. The standard InChI is InChI=1S/C41H63FN5O9P/c1-3-4-5-6-7-8-9-10-11-12-13-14-15-16-17-18-24-52-26-32(53-28-33-31(25-43)20-19-21-34(33)42)27-54-57(50,51)55-29-36-38(48)39(49)41(2,56-36)37-23-22-35-40(44)45-30-46-47(35)37/h19-23,30,32,36,38-39,48-49H,3-18,24,26-29H2,1-2H3,(H,50,51)(H2,44,45,46)/t32-,36?,38-,39-,41+/m1/s1. The number of anilines is 1. The van der Waals surface area contributed by atoms with Crippen LogP contribution in [-0.4, -0.2) is 80.5 Å². The van der Waals surface area contributed by atoms with Crippen LogP contribution in [0.3, 0.4) is 0 Å². The number of phosphoric acid groups is 1. The van der Waals surface area contributed by atoms with Crippen molar-refractivity contribution in [2.75, 3.05) is 32.2 Å². The third kappa shape index (κ3) is 14.3. The van der Waals surface area contributed by atoms with Crippen LogP contribution in [0.5, 0.6) is 0 Å². The topological polar surface area (TPSA) is 204 Å². The summed E-state index contributed by atoms with van der Waals surface area (Å²) < 4.78 is 57.2. The third-order valence-electron chi connectivity index (χ3n) is 10.6. The number of nitrogen functional groups attached to an aromatic ring is 1. The Balaban J connectivity index is 1.19. The lowest BCUT2D eigenvalue weighted by molar-refractivity contribution is -0.0901. The normalized spacial score (nSPS) is 21.2. The number of aromatic nitrogens is 3. The molecule has 0 radical (unpaired) electrons. The number of rotatable bonds is 29. The van der Waals surface area contributed by atoms with Crippen molar-refractivity contribution in [1.82, 2.24) is 14.6 Å². The van der Waals surface area contributed by atoms with E-state index in [4.69, 9.17) is 29.0 Å². The van der Waals surface area contributed by atoms with Gasteiger partial charge in [-0.15, -0.1) is 0 Å². The lowest BCUT2D eigenvalue weighted by Gasteiger charge is -2.27. The molecule has 6 atom stereocenters. The highest BCUT2D eigenvalue weighted by molar-refractivity contribution is 7.47. The van der Waals surface area contributed by atoms with Crippen LogP contribution in [0.4, 0.5) is 10.2 Å². The first-order valence-electron chi connectivity index (χ1n) is 20.6. The third-order valence-corrected chi connectivity index (χ3v) is 11.6. The van der Waals surface area contributed by atoms with Gasteiger partial charge >= 0.3 is 7.82 Å². The highest BCUT2D eigenvalue weighted by Gasteiger charge is 2.54. The van der Waals surface area contributed by atoms with Crippen LogP contribution in [0.2, 0.25) is 0 Å². The molecule has 5 N–H and O–H groups in total. The van der Waals surface area contributed by atoms with E-state index in [2.05, 4.69) is 17.0 Å². The number of halogens is 1. The number of benzene rings is 1. The average molecular weight is 820 g/mol. The monoisotopic (exact) mass is 819 g/mol. The fraction of sp³-hybridized carbons (Fsp3) is 0.683. The Morgan fingerprint density at radius 2 is 1.60 bits per heavy atom. The molecule has 2 unspecified atom stereocenters. The maximum absolute atomic E-state index is 14.6. The molecule has 0 bridgehead atoms. The molecule has 3 heterocycles. The molecule has 1 saturated heterocycles. The van der Waals surface area contributed by atoms with E-state index in [1.54, 1.807) is 19.1 Å². The Bertz CT molecular complexity index is 1730. The van der Waals surface area contributed by atoms with Gasteiger partial charge in [-0.25, -0.2) is 18.5 Å². The molecule has 0 aliphatic carbocycles. The zero-order chi connectivity index (χ0) is 41.1. The van der Waals surface area contributed by atoms with Crippen molar-refractivity contribution >= 4 is 19.2 Å². The second-order valence-corrected chi connectivity index (χ2v) is 16.6. The first kappa shape index (κ1) is 46.7. The minimum Gasteiger partial charge on any atom is -0.387 e. The van der Waals surface area contributed by atoms with E-state index >= 15 is 0 Å². The second-order valence-electron chi connectivity index (χ2n) is 15.1. The van der Waals surface area contributed by atoms with Gasteiger partial charge in [-0.05, 0) is 37.6 Å². The Hall–Kier alpha value is -3.03. The number of nitrogens with two attached hydrogens (primary N) is 1. The molecule has 1 aromatic carbocycles. The largest absolute Gasteiger partial charge is 0.472 e. The quantitative estimate of drug-likeness (QED) is 0.0393. The minimum atomic E-state index is -4.77. The first-order valence-corrected chi connectivity index (χ1v) is 22.1. The summed E-state index contributed by atoms with van der Waals surface area (Å²) in [5.74, 6) is -0.411. The van der Waals surface area contributed by atoms with Crippen molar-refractivity contribution < 1.29 is 47.3 Å². The number of aliphatic hydroxyl groups excluding tert-OH is 2. The average Bonchev–Trinajstić information content (AvgIpc) is 3.74. The fourth-order valence-corrected chi connectivity index (χ4v) is 7.93. The fourth-order valence-electron chi connectivity index (χ4n) is 7.16. The molecule has 4 rings (SSSR count). The van der Waals surface area contributed by atoms with Crippen molar-refractivity contribution in [2.24, 2.45) is 0 Å². The number of hydrogen-bond donors (Lipinski definition) is 4. The van der Waals surface area contributed by atoms with E-state index in [0.717, 1.165) is 19.3 Å². The molecule has 57 heavy (non-hydrogen) atoms. The Morgan fingerprint density at radius 3 is 2.23 bits per heavy atom. The van der Waals surface area contributed by atoms with E-state index in [9.17, 15) is 29.3 Å². The summed E-state index contributed by atoms with van der Waals surface area (Å²) in [7, 11) is -4.77. The Morgan fingerprint density at radius 1 is 0.965 bits per heavy atom. The van der Waals surface area contributed by atoms with Crippen molar-refractivity contribution in [1.29, 1.82) is 5.26 Å². The zero-order valence-electron chi connectivity index (χ0n) is 33.6. The van der Waals surface area contributed by atoms with Gasteiger partial charge in [-0.3, -0.25) is 9.05 Å². The Kier molecular flexibility index (Phi) is 19.8. The van der Waals surface area contributed by atoms with Crippen LogP contribution in [0.25, 0.3) is 5.52 Å². The lowest BCUT2D eigenvalue weighted by atomic mass is 9.93. The number of aliphatic hydroxyl groups is 2. The van der Waals surface area contributed by atoms with Gasteiger partial charge in [0, 0.05) is 12.2 Å². The minimum absolute atomic E-state index is 0.0244. The maximum atomic E-state index is 14.6. The van der Waals surface area contributed by atoms with Crippen molar-refractivity contribution in [2.45, 2.75) is 153 Å². The van der Waals surface area contributed by atoms with E-state index in [-0.39, 0.29) is 30.2 Å². The molecule has 1 aliphatic heterocycles. The van der Waals surface area contributed by atoms with Gasteiger partial charge in [0.15, 0.2) is 5.82 Å². The smallest absolute Gasteiger partial charge is 0.387 e. The van der Waals surface area contributed by atoms with Gasteiger partial charge in [0.2, 0.25) is 0 Å². The van der Waals surface area contributed by atoms with Crippen LogP contribution in [0.1, 0.15) is 133 Å². The highest BCUT2D eigenvalue weighted by atomic mass is 31.2. The maximum Gasteiger partial charge on any atom is 0.472 e. The number of unbranched alkanes of at least 4 members (excludes halogenated alkanes) is 15. The zero-order valence-corrected chi connectivity index (χ0v) is 34.5. The van der Waals surface area contributed by atoms with Gasteiger partial charge in [0.25, 0.3) is 0 Å². The molecule has 14 nitrogen and oxygen atoms in total. The Labute approximate surface area is 336 Å². The second kappa shape index (κ2) is 24.1. The molecule has 2 aromatic heterocycles. The molecule has 0 saturated carbocycles. The number of nitrogens with zero attached hydrogens (tertiary/aromatic N) is 4. The van der Waals surface area contributed by atoms with Gasteiger partial charge in [0.05, 0.1) is 43.8 Å². The van der Waals surface area contributed by atoms with Crippen LogP contribution in [0.15, 0.2) is 36.7 Å². The number of fused-ring (bicyclic) bond motifs is 1. The molecule has 16 heteroatoms. The van der Waals surface area contributed by atoms with E-state index in [1.165, 1.54) is 113 Å². The molecular formula is C41H63FN5O9P. The summed E-state index contributed by atoms with van der Waals surface area (Å²) in [5.41, 5.74) is 5.45. The molecule has 0 amide bonds. The summed E-state index contributed by atoms with van der Waals surface area (Å²) in [6.07, 6.45) is 16.3. The van der Waals surface area contributed by atoms with Gasteiger partial charge in [-0.2, -0.15) is 10.4 Å². The summed E-state index contributed by atoms with van der Waals surface area (Å²) in [5, 5.41) is 35.5. The summed E-state index contributed by atoms with van der Waals surface area (Å²) in [6, 6.07) is 9.34. The van der Waals surface area contributed by atoms with Crippen LogP contribution in [0, 0.1) is 17.1 Å². The molecule has 0 spiro atoms. The van der Waals surface area contributed by atoms with Crippen molar-refractivity contribution in [3.8, 4) is 6.07 Å².